The van der Waals surface area contributed by atoms with E-state index in [4.69, 9.17) is 35.3 Å². The monoisotopic (exact) mass is 624 g/mol. The van der Waals surface area contributed by atoms with Gasteiger partial charge in [0, 0.05) is 45.2 Å². The number of ether oxygens (including phenoxy) is 5. The summed E-state index contributed by atoms with van der Waals surface area (Å²) >= 11 is 6.70. The number of nitrogens with zero attached hydrogens (tertiary/aromatic N) is 4. The molecule has 0 aliphatic carbocycles. The van der Waals surface area contributed by atoms with E-state index < -0.39 is 0 Å². The van der Waals surface area contributed by atoms with E-state index in [9.17, 15) is 4.79 Å². The number of benzene rings is 2. The Morgan fingerprint density at radius 2 is 1.91 bits per heavy atom. The highest BCUT2D eigenvalue weighted by Crippen LogP contribution is 2.47. The number of methoxy groups -OCH3 is 1. The molecule has 234 valence electrons. The highest BCUT2D eigenvalue weighted by atomic mass is 35.5. The van der Waals surface area contributed by atoms with Gasteiger partial charge >= 0.3 is 6.03 Å². The van der Waals surface area contributed by atoms with E-state index in [-0.39, 0.29) is 31.6 Å². The molecule has 0 spiro atoms. The molecule has 1 fully saturated rings. The number of anilines is 2. The third-order valence-corrected chi connectivity index (χ3v) is 7.39. The average molecular weight is 625 g/mol. The lowest BCUT2D eigenvalue weighted by atomic mass is 10.1. The second-order valence-electron chi connectivity index (χ2n) is 10.8. The second-order valence-corrected chi connectivity index (χ2v) is 11.2. The minimum atomic E-state index is -0.234. The quantitative estimate of drug-likeness (QED) is 0.264. The summed E-state index contributed by atoms with van der Waals surface area (Å²) in [5.41, 5.74) is 1.69. The highest BCUT2D eigenvalue weighted by molar-refractivity contribution is 6.34. The molecule has 2 N–H and O–H groups in total. The van der Waals surface area contributed by atoms with Crippen molar-refractivity contribution in [3.63, 3.8) is 0 Å². The van der Waals surface area contributed by atoms with Gasteiger partial charge in [0.05, 0.1) is 48.6 Å². The Bertz CT molecular complexity index is 1560. The van der Waals surface area contributed by atoms with Crippen LogP contribution in [0.15, 0.2) is 24.5 Å². The summed E-state index contributed by atoms with van der Waals surface area (Å²) in [6.07, 6.45) is 2.80. The van der Waals surface area contributed by atoms with Gasteiger partial charge in [0.1, 0.15) is 17.8 Å². The molecule has 2 amide bonds. The Hall–Kier alpha value is -4.18. The molecule has 3 heterocycles. The zero-order valence-corrected chi connectivity index (χ0v) is 26.3. The molecule has 2 unspecified atom stereocenters. The Morgan fingerprint density at radius 3 is 2.66 bits per heavy atom. The van der Waals surface area contributed by atoms with E-state index in [0.29, 0.717) is 62.6 Å². The standard InChI is InChI=1S/C31H37ClN6O6/c1-19-15-38(16-20(2)44-19)10-7-11-41-26-14-24-22(13-25(26)40-5)30(35-17-34-24)36-27-23(32)12-21(28-29(27)43-18-42-28)8-6-9-33-31(39)37(3)4/h12-14,17,19-20H,7,9-11,15-16,18H2,1-5H3,(H,33,39)(H,34,35,36). The molecule has 2 aliphatic rings. The van der Waals surface area contributed by atoms with Gasteiger partial charge in [-0.3, -0.25) is 4.90 Å². The van der Waals surface area contributed by atoms with Crippen LogP contribution in [-0.4, -0.2) is 98.8 Å². The first-order valence-corrected chi connectivity index (χ1v) is 14.8. The van der Waals surface area contributed by atoms with Gasteiger partial charge in [-0.2, -0.15) is 0 Å². The summed E-state index contributed by atoms with van der Waals surface area (Å²) in [4.78, 5) is 24.5. The van der Waals surface area contributed by atoms with Crippen molar-refractivity contribution in [1.29, 1.82) is 0 Å². The number of nitrogens with one attached hydrogen (secondary N) is 2. The number of hydrogen-bond acceptors (Lipinski definition) is 10. The van der Waals surface area contributed by atoms with Crippen molar-refractivity contribution in [3.8, 4) is 34.8 Å². The lowest BCUT2D eigenvalue weighted by Crippen LogP contribution is -2.45. The van der Waals surface area contributed by atoms with Crippen LogP contribution in [0.5, 0.6) is 23.0 Å². The largest absolute Gasteiger partial charge is 0.493 e. The number of fused-ring (bicyclic) bond motifs is 2. The van der Waals surface area contributed by atoms with E-state index in [1.54, 1.807) is 27.3 Å². The van der Waals surface area contributed by atoms with Crippen molar-refractivity contribution in [2.24, 2.45) is 0 Å². The maximum atomic E-state index is 11.7. The normalized spacial score (nSPS) is 17.5. The fourth-order valence-corrected chi connectivity index (χ4v) is 5.40. The number of carbonyl (C=O) groups is 1. The molecule has 2 atom stereocenters. The first kappa shape index (κ1) is 31.3. The summed E-state index contributed by atoms with van der Waals surface area (Å²) in [5, 5.41) is 7.05. The first-order valence-electron chi connectivity index (χ1n) is 14.4. The molecule has 2 aliphatic heterocycles. The predicted molar refractivity (Wildman–Crippen MR) is 167 cm³/mol. The van der Waals surface area contributed by atoms with E-state index >= 15 is 0 Å². The Balaban J connectivity index is 1.31. The second kappa shape index (κ2) is 14.1. The Labute approximate surface area is 261 Å². The minimum Gasteiger partial charge on any atom is -0.493 e. The van der Waals surface area contributed by atoms with Crippen LogP contribution in [0.2, 0.25) is 5.02 Å². The molecule has 2 aromatic carbocycles. The van der Waals surface area contributed by atoms with E-state index in [1.165, 1.54) is 11.2 Å². The molecular formula is C31H37ClN6O6. The number of urea groups is 1. The molecule has 1 saturated heterocycles. The molecule has 3 aromatic rings. The predicted octanol–water partition coefficient (Wildman–Crippen LogP) is 4.26. The number of carbonyl (C=O) groups excluding carboxylic acids is 1. The summed E-state index contributed by atoms with van der Waals surface area (Å²) in [5.74, 6) is 8.46. The molecule has 0 saturated carbocycles. The fraction of sp³-hybridized carbons (Fsp3) is 0.452. The Morgan fingerprint density at radius 1 is 1.14 bits per heavy atom. The van der Waals surface area contributed by atoms with Gasteiger partial charge in [-0.1, -0.05) is 23.4 Å². The summed E-state index contributed by atoms with van der Waals surface area (Å²) in [6, 6.07) is 5.14. The molecule has 13 heteroatoms. The van der Waals surface area contributed by atoms with Gasteiger partial charge in [0.15, 0.2) is 23.0 Å². The summed E-state index contributed by atoms with van der Waals surface area (Å²) < 4.78 is 29.1. The van der Waals surface area contributed by atoms with Gasteiger partial charge in [0.25, 0.3) is 0 Å². The van der Waals surface area contributed by atoms with Crippen LogP contribution in [0.3, 0.4) is 0 Å². The number of aromatic nitrogens is 2. The fourth-order valence-electron chi connectivity index (χ4n) is 5.16. The van der Waals surface area contributed by atoms with Gasteiger partial charge < -0.3 is 39.2 Å². The van der Waals surface area contributed by atoms with Crippen molar-refractivity contribution >= 4 is 40.0 Å². The molecule has 5 rings (SSSR count). The zero-order valence-electron chi connectivity index (χ0n) is 25.5. The van der Waals surface area contributed by atoms with Crippen LogP contribution in [0.4, 0.5) is 16.3 Å². The molecule has 0 radical (unpaired) electrons. The lowest BCUT2D eigenvalue weighted by Gasteiger charge is -2.35. The zero-order chi connectivity index (χ0) is 31.2. The number of rotatable bonds is 9. The van der Waals surface area contributed by atoms with Gasteiger partial charge in [-0.15, -0.1) is 0 Å². The Kier molecular flexibility index (Phi) is 9.99. The molecule has 44 heavy (non-hydrogen) atoms. The van der Waals surface area contributed by atoms with Gasteiger partial charge in [0.2, 0.25) is 6.79 Å². The van der Waals surface area contributed by atoms with E-state index in [0.717, 1.165) is 26.1 Å². The average Bonchev–Trinajstić information content (AvgIpc) is 3.48. The van der Waals surface area contributed by atoms with Crippen molar-refractivity contribution in [3.05, 3.63) is 35.1 Å². The molecule has 1 aromatic heterocycles. The number of morpholine rings is 1. The lowest BCUT2D eigenvalue weighted by molar-refractivity contribution is -0.0686. The number of halogens is 1. The van der Waals surface area contributed by atoms with E-state index in [2.05, 4.69) is 51.2 Å². The minimum absolute atomic E-state index is 0.0129. The SMILES string of the molecule is COc1cc2c(Nc3c(Cl)cc(C#CCNC(=O)N(C)C)c4c3OCO4)ncnc2cc1OCCCN1CC(C)OC(C)C1. The molecule has 12 nitrogen and oxygen atoms in total. The highest BCUT2D eigenvalue weighted by Gasteiger charge is 2.26. The van der Waals surface area contributed by atoms with Crippen LogP contribution in [-0.2, 0) is 4.74 Å². The molecular weight excluding hydrogens is 588 g/mol. The maximum Gasteiger partial charge on any atom is 0.317 e. The summed E-state index contributed by atoms with van der Waals surface area (Å²) in [7, 11) is 4.92. The van der Waals surface area contributed by atoms with Crippen molar-refractivity contribution in [1.82, 2.24) is 25.1 Å². The van der Waals surface area contributed by atoms with Crippen LogP contribution >= 0.6 is 11.6 Å². The van der Waals surface area contributed by atoms with Gasteiger partial charge in [-0.05, 0) is 32.4 Å². The van der Waals surface area contributed by atoms with Crippen LogP contribution in [0.25, 0.3) is 10.9 Å². The summed E-state index contributed by atoms with van der Waals surface area (Å²) in [6.45, 7) is 7.70. The van der Waals surface area contributed by atoms with Crippen molar-refractivity contribution < 1.29 is 28.5 Å². The first-order chi connectivity index (χ1) is 21.2. The van der Waals surface area contributed by atoms with Crippen LogP contribution in [0.1, 0.15) is 25.8 Å². The van der Waals surface area contributed by atoms with Crippen LogP contribution < -0.4 is 29.6 Å². The third kappa shape index (κ3) is 7.30. The van der Waals surface area contributed by atoms with Crippen molar-refractivity contribution in [2.75, 3.05) is 66.1 Å². The van der Waals surface area contributed by atoms with Gasteiger partial charge in [-0.25, -0.2) is 14.8 Å². The smallest absolute Gasteiger partial charge is 0.317 e. The maximum absolute atomic E-state index is 11.7. The van der Waals surface area contributed by atoms with E-state index in [1.807, 2.05) is 12.1 Å². The topological polar surface area (TPSA) is 120 Å². The van der Waals surface area contributed by atoms with Crippen LogP contribution in [0, 0.1) is 11.8 Å². The number of hydrogen-bond donors (Lipinski definition) is 2. The molecule has 0 bridgehead atoms. The van der Waals surface area contributed by atoms with Crippen molar-refractivity contribution in [2.45, 2.75) is 32.5 Å². The number of amides is 2. The third-order valence-electron chi connectivity index (χ3n) is 7.09.